The smallest absolute Gasteiger partial charge is 0.410 e. The molecule has 0 unspecified atom stereocenters. The molecule has 0 saturated carbocycles. The molecule has 0 spiro atoms. The minimum Gasteiger partial charge on any atom is -0.465 e. The predicted octanol–water partition coefficient (Wildman–Crippen LogP) is 4.72. The van der Waals surface area contributed by atoms with E-state index in [1.54, 1.807) is 50.2 Å². The van der Waals surface area contributed by atoms with Gasteiger partial charge in [0.2, 0.25) is 0 Å². The highest BCUT2D eigenvalue weighted by Gasteiger charge is 2.42. The lowest BCUT2D eigenvalue weighted by Gasteiger charge is -2.29. The van der Waals surface area contributed by atoms with Crippen LogP contribution < -0.4 is 5.32 Å². The van der Waals surface area contributed by atoms with Gasteiger partial charge >= 0.3 is 6.09 Å². The summed E-state index contributed by atoms with van der Waals surface area (Å²) >= 11 is 5.83. The molecule has 0 aromatic heterocycles. The van der Waals surface area contributed by atoms with Crippen LogP contribution in [0.4, 0.5) is 10.5 Å². The Balaban J connectivity index is 1.64. The first kappa shape index (κ1) is 19.9. The van der Waals surface area contributed by atoms with Crippen LogP contribution in [0, 0.1) is 0 Å². The van der Waals surface area contributed by atoms with E-state index in [1.807, 2.05) is 24.3 Å². The third-order valence-corrected chi connectivity index (χ3v) is 4.76. The third-order valence-electron chi connectivity index (χ3n) is 4.51. The number of amides is 2. The van der Waals surface area contributed by atoms with Gasteiger partial charge in [-0.05, 0) is 55.8 Å². The van der Waals surface area contributed by atoms with E-state index in [9.17, 15) is 14.7 Å². The fourth-order valence-electron chi connectivity index (χ4n) is 3.05. The molecule has 0 bridgehead atoms. The number of anilines is 1. The molecule has 3 rings (SSSR count). The first-order valence-corrected chi connectivity index (χ1v) is 9.15. The fourth-order valence-corrected chi connectivity index (χ4v) is 3.18. The van der Waals surface area contributed by atoms with Gasteiger partial charge in [0, 0.05) is 16.3 Å². The normalized spacial score (nSPS) is 18.4. The molecule has 0 radical (unpaired) electrons. The number of halogens is 1. The van der Waals surface area contributed by atoms with Gasteiger partial charge in [-0.2, -0.15) is 0 Å². The van der Waals surface area contributed by atoms with Crippen molar-refractivity contribution in [2.45, 2.75) is 25.6 Å². The molecule has 1 heterocycles. The van der Waals surface area contributed by atoms with E-state index >= 15 is 0 Å². The molecule has 2 aromatic carbocycles. The maximum absolute atomic E-state index is 12.2. The van der Waals surface area contributed by atoms with Crippen LogP contribution in [0.25, 0.3) is 6.08 Å². The second kappa shape index (κ2) is 8.04. The maximum Gasteiger partial charge on any atom is 0.410 e. The number of carboxylic acid groups (broad SMARTS) is 1. The van der Waals surface area contributed by atoms with Gasteiger partial charge in [-0.1, -0.05) is 35.9 Å². The predicted molar refractivity (Wildman–Crippen MR) is 109 cm³/mol. The van der Waals surface area contributed by atoms with Crippen LogP contribution in [0.2, 0.25) is 5.02 Å². The van der Waals surface area contributed by atoms with Crippen LogP contribution in [-0.4, -0.2) is 40.4 Å². The van der Waals surface area contributed by atoms with Gasteiger partial charge in [0.15, 0.2) is 0 Å². The van der Waals surface area contributed by atoms with Crippen molar-refractivity contribution in [3.05, 3.63) is 70.8 Å². The number of rotatable bonds is 4. The molecular weight excluding hydrogens is 380 g/mol. The number of benzene rings is 2. The van der Waals surface area contributed by atoms with Crippen molar-refractivity contribution >= 4 is 35.4 Å². The second-order valence-corrected chi connectivity index (χ2v) is 7.36. The van der Waals surface area contributed by atoms with Crippen molar-refractivity contribution in [3.8, 4) is 0 Å². The van der Waals surface area contributed by atoms with Crippen LogP contribution in [0.15, 0.2) is 54.6 Å². The summed E-state index contributed by atoms with van der Waals surface area (Å²) in [5, 5.41) is 12.8. The highest BCUT2D eigenvalue weighted by Crippen LogP contribution is 2.28. The number of nitrogens with zero attached hydrogens (tertiary/aromatic N) is 1. The standard InChI is InChI=1S/C21H21ClN2O4/c1-21(2)24(20(26)27)18(13-28-21)12-5-14-3-10-17(11-4-14)23-19(25)15-6-8-16(22)9-7-15/h3-12,18H,13H2,1-2H3,(H,23,25)(H,26,27)/b12-5+/t18-/m0/s1. The number of hydrogen-bond donors (Lipinski definition) is 2. The quantitative estimate of drug-likeness (QED) is 0.778. The Kier molecular flexibility index (Phi) is 5.72. The second-order valence-electron chi connectivity index (χ2n) is 6.92. The Bertz CT molecular complexity index is 892. The molecule has 7 heteroatoms. The highest BCUT2D eigenvalue weighted by molar-refractivity contribution is 6.30. The molecule has 1 aliphatic rings. The van der Waals surface area contributed by atoms with Gasteiger partial charge in [0.1, 0.15) is 5.72 Å². The van der Waals surface area contributed by atoms with E-state index in [4.69, 9.17) is 16.3 Å². The molecule has 146 valence electrons. The summed E-state index contributed by atoms with van der Waals surface area (Å²) in [5.41, 5.74) is 1.22. The number of carbonyl (C=O) groups is 2. The largest absolute Gasteiger partial charge is 0.465 e. The first-order chi connectivity index (χ1) is 13.3. The molecule has 1 atom stereocenters. The topological polar surface area (TPSA) is 78.9 Å². The Morgan fingerprint density at radius 1 is 1.18 bits per heavy atom. The van der Waals surface area contributed by atoms with Crippen molar-refractivity contribution in [3.63, 3.8) is 0 Å². The highest BCUT2D eigenvalue weighted by atomic mass is 35.5. The Labute approximate surface area is 168 Å². The van der Waals surface area contributed by atoms with Gasteiger partial charge in [-0.25, -0.2) is 4.79 Å². The van der Waals surface area contributed by atoms with Gasteiger partial charge in [0.25, 0.3) is 5.91 Å². The number of carbonyl (C=O) groups excluding carboxylic acids is 1. The van der Waals surface area contributed by atoms with Gasteiger partial charge < -0.3 is 15.2 Å². The van der Waals surface area contributed by atoms with E-state index in [0.717, 1.165) is 5.56 Å². The zero-order valence-electron chi connectivity index (χ0n) is 15.6. The van der Waals surface area contributed by atoms with E-state index in [-0.39, 0.29) is 11.9 Å². The molecule has 1 fully saturated rings. The minimum absolute atomic E-state index is 0.220. The number of hydrogen-bond acceptors (Lipinski definition) is 3. The third kappa shape index (κ3) is 4.52. The summed E-state index contributed by atoms with van der Waals surface area (Å²) in [6.45, 7) is 3.77. The van der Waals surface area contributed by atoms with E-state index in [0.29, 0.717) is 22.9 Å². The van der Waals surface area contributed by atoms with Gasteiger partial charge in [-0.3, -0.25) is 9.69 Å². The first-order valence-electron chi connectivity index (χ1n) is 8.78. The molecule has 28 heavy (non-hydrogen) atoms. The zero-order chi connectivity index (χ0) is 20.3. The van der Waals surface area contributed by atoms with Crippen molar-refractivity contribution in [1.82, 2.24) is 4.90 Å². The van der Waals surface area contributed by atoms with E-state index in [1.165, 1.54) is 4.90 Å². The van der Waals surface area contributed by atoms with Crippen LogP contribution in [0.5, 0.6) is 0 Å². The van der Waals surface area contributed by atoms with Crippen LogP contribution in [0.3, 0.4) is 0 Å². The van der Waals surface area contributed by atoms with Crippen LogP contribution in [0.1, 0.15) is 29.8 Å². The van der Waals surface area contributed by atoms with Crippen LogP contribution in [-0.2, 0) is 4.74 Å². The van der Waals surface area contributed by atoms with Crippen molar-refractivity contribution in [2.75, 3.05) is 11.9 Å². The monoisotopic (exact) mass is 400 g/mol. The molecule has 6 nitrogen and oxygen atoms in total. The Morgan fingerprint density at radius 3 is 2.43 bits per heavy atom. The van der Waals surface area contributed by atoms with Crippen molar-refractivity contribution in [2.24, 2.45) is 0 Å². The zero-order valence-corrected chi connectivity index (χ0v) is 16.3. The van der Waals surface area contributed by atoms with E-state index in [2.05, 4.69) is 5.32 Å². The lowest BCUT2D eigenvalue weighted by atomic mass is 10.1. The fraction of sp³-hybridized carbons (Fsp3) is 0.238. The van der Waals surface area contributed by atoms with E-state index < -0.39 is 11.8 Å². The maximum atomic E-state index is 12.2. The summed E-state index contributed by atoms with van der Waals surface area (Å²) in [4.78, 5) is 25.0. The van der Waals surface area contributed by atoms with Crippen LogP contribution >= 0.6 is 11.6 Å². The average Bonchev–Trinajstić information content (AvgIpc) is 2.96. The Hall–Kier alpha value is -2.83. The summed E-state index contributed by atoms with van der Waals surface area (Å²) in [6, 6.07) is 13.6. The SMILES string of the molecule is CC1(C)OC[C@H](/C=C/c2ccc(NC(=O)c3ccc(Cl)cc3)cc2)N1C(=O)O. The van der Waals surface area contributed by atoms with Crippen molar-refractivity contribution in [1.29, 1.82) is 0 Å². The summed E-state index contributed by atoms with van der Waals surface area (Å²) < 4.78 is 5.57. The lowest BCUT2D eigenvalue weighted by Crippen LogP contribution is -2.46. The summed E-state index contributed by atoms with van der Waals surface area (Å²) in [6.07, 6.45) is 2.64. The van der Waals surface area contributed by atoms with Gasteiger partial charge in [0.05, 0.1) is 12.6 Å². The molecule has 1 saturated heterocycles. The molecule has 0 aliphatic carbocycles. The molecule has 2 amide bonds. The molecule has 2 N–H and O–H groups in total. The minimum atomic E-state index is -1.02. The molecule has 2 aromatic rings. The van der Waals surface area contributed by atoms with Gasteiger partial charge in [-0.15, -0.1) is 0 Å². The van der Waals surface area contributed by atoms with Crippen molar-refractivity contribution < 1.29 is 19.4 Å². The average molecular weight is 401 g/mol. The lowest BCUT2D eigenvalue weighted by molar-refractivity contribution is -0.0409. The number of ether oxygens (including phenoxy) is 1. The summed E-state index contributed by atoms with van der Waals surface area (Å²) in [7, 11) is 0. The molecular formula is C21H21ClN2O4. The number of nitrogens with one attached hydrogen (secondary N) is 1. The summed E-state index contributed by atoms with van der Waals surface area (Å²) in [5.74, 6) is -0.220. The molecule has 1 aliphatic heterocycles. The Morgan fingerprint density at radius 2 is 1.82 bits per heavy atom.